The zero-order valence-corrected chi connectivity index (χ0v) is 15.1. The summed E-state index contributed by atoms with van der Waals surface area (Å²) in [6.07, 6.45) is 1.71. The fourth-order valence-electron chi connectivity index (χ4n) is 2.35. The van der Waals surface area contributed by atoms with Crippen molar-refractivity contribution in [2.75, 3.05) is 32.8 Å². The molecule has 0 unspecified atom stereocenters. The minimum atomic E-state index is -1.21. The Kier molecular flexibility index (Phi) is 8.84. The van der Waals surface area contributed by atoms with Crippen molar-refractivity contribution < 1.29 is 29.4 Å². The van der Waals surface area contributed by atoms with Crippen LogP contribution >= 0.6 is 0 Å². The Balaban J connectivity index is 0.000000292. The van der Waals surface area contributed by atoms with Gasteiger partial charge in [-0.15, -0.1) is 0 Å². The summed E-state index contributed by atoms with van der Waals surface area (Å²) in [6.45, 7) is 6.44. The van der Waals surface area contributed by atoms with Crippen LogP contribution in [0.25, 0.3) is 0 Å². The lowest BCUT2D eigenvalue weighted by atomic mass is 10.2. The molecule has 154 valence electrons. The normalized spacial score (nSPS) is 13.9. The van der Waals surface area contributed by atoms with Crippen molar-refractivity contribution in [2.45, 2.75) is 19.8 Å². The van der Waals surface area contributed by atoms with E-state index in [9.17, 15) is 35.1 Å². The van der Waals surface area contributed by atoms with Crippen LogP contribution in [0.2, 0.25) is 0 Å². The van der Waals surface area contributed by atoms with Gasteiger partial charge in [-0.05, 0) is 19.9 Å². The monoisotopic (exact) mass is 400 g/mol. The van der Waals surface area contributed by atoms with E-state index in [-0.39, 0.29) is 0 Å². The van der Waals surface area contributed by atoms with E-state index in [0.29, 0.717) is 17.9 Å². The molecule has 0 saturated carbocycles. The first-order valence-electron chi connectivity index (χ1n) is 8.23. The molecule has 0 aromatic heterocycles. The number of phenols is 1. The fourth-order valence-corrected chi connectivity index (χ4v) is 2.35. The number of Topliss-reactive ketones (excluding diaryl/α,β-unsaturated/α-hetero) is 1. The van der Waals surface area contributed by atoms with Crippen molar-refractivity contribution in [3.8, 4) is 5.75 Å². The number of ether oxygens (including phenoxy) is 1. The molecule has 2 rings (SSSR count). The van der Waals surface area contributed by atoms with Crippen molar-refractivity contribution in [3.05, 3.63) is 42.5 Å². The number of hydrogen-bond acceptors (Lipinski definition) is 10. The van der Waals surface area contributed by atoms with E-state index in [1.165, 1.54) is 0 Å². The van der Waals surface area contributed by atoms with Gasteiger partial charge < -0.3 is 14.6 Å². The molecule has 1 fully saturated rings. The molecule has 1 saturated heterocycles. The van der Waals surface area contributed by atoms with Crippen LogP contribution in [0.1, 0.15) is 19.8 Å². The van der Waals surface area contributed by atoms with Gasteiger partial charge in [0.1, 0.15) is 5.78 Å². The van der Waals surface area contributed by atoms with Gasteiger partial charge in [0, 0.05) is 19.5 Å². The Morgan fingerprint density at radius 3 is 1.96 bits per heavy atom. The smallest absolute Gasteiger partial charge is 0.324 e. The summed E-state index contributed by atoms with van der Waals surface area (Å²) in [5.74, 6) is -0.913. The minimum Gasteiger partial charge on any atom is -0.497 e. The first kappa shape index (κ1) is 22.9. The van der Waals surface area contributed by atoms with Crippen LogP contribution in [0, 0.1) is 30.3 Å². The van der Waals surface area contributed by atoms with Crippen molar-refractivity contribution >= 4 is 22.8 Å². The standard InChI is InChI=1S/C9H17NO2.C6H3N3O7/c1-9(11)3-2-4-10-5-7-12-8-6-10;10-6-4(8(13)14)1-3(7(11)12)2-5(6)9(15)16/h2-8H2,1H3;1-2,10H. The number of aromatic hydroxyl groups is 1. The molecule has 0 aliphatic carbocycles. The van der Waals surface area contributed by atoms with Gasteiger partial charge in [0.25, 0.3) is 11.4 Å². The number of carbonyl (C=O) groups excluding carboxylic acids is 1. The number of ketones is 1. The molecular weight excluding hydrogens is 380 g/mol. The third-order valence-electron chi connectivity index (χ3n) is 3.77. The highest BCUT2D eigenvalue weighted by atomic mass is 16.6. The van der Waals surface area contributed by atoms with Gasteiger partial charge in [0.2, 0.25) is 0 Å². The van der Waals surface area contributed by atoms with Gasteiger partial charge >= 0.3 is 11.4 Å². The molecule has 1 aromatic rings. The van der Waals surface area contributed by atoms with E-state index >= 15 is 0 Å². The van der Waals surface area contributed by atoms with E-state index in [0.717, 1.165) is 45.7 Å². The predicted molar refractivity (Wildman–Crippen MR) is 95.2 cm³/mol. The number of nitro benzene ring substituents is 3. The predicted octanol–water partition coefficient (Wildman–Crippen LogP) is 1.80. The Morgan fingerprint density at radius 2 is 1.57 bits per heavy atom. The highest BCUT2D eigenvalue weighted by molar-refractivity contribution is 5.75. The molecule has 13 nitrogen and oxygen atoms in total. The van der Waals surface area contributed by atoms with Crippen LogP contribution in [-0.4, -0.2) is 63.4 Å². The molecule has 28 heavy (non-hydrogen) atoms. The van der Waals surface area contributed by atoms with Crippen LogP contribution in [0.3, 0.4) is 0 Å². The Bertz CT molecular complexity index is 712. The van der Waals surface area contributed by atoms with E-state index in [4.69, 9.17) is 9.84 Å². The topological polar surface area (TPSA) is 179 Å². The largest absolute Gasteiger partial charge is 0.497 e. The number of phenolic OH excluding ortho intramolecular Hbond substituents is 1. The lowest BCUT2D eigenvalue weighted by molar-refractivity contribution is -0.404. The highest BCUT2D eigenvalue weighted by Gasteiger charge is 2.30. The van der Waals surface area contributed by atoms with E-state index in [2.05, 4.69) is 4.90 Å². The minimum absolute atomic E-state index is 0.295. The van der Waals surface area contributed by atoms with Crippen LogP contribution in [0.15, 0.2) is 12.1 Å². The summed E-state index contributed by atoms with van der Waals surface area (Å²) >= 11 is 0. The number of rotatable bonds is 7. The van der Waals surface area contributed by atoms with Gasteiger partial charge in [-0.25, -0.2) is 0 Å². The molecule has 0 spiro atoms. The quantitative estimate of drug-likeness (QED) is 0.523. The number of hydrogen-bond donors (Lipinski definition) is 1. The summed E-state index contributed by atoms with van der Waals surface area (Å²) in [5.41, 5.74) is -3.00. The average Bonchev–Trinajstić information content (AvgIpc) is 2.62. The molecule has 0 bridgehead atoms. The van der Waals surface area contributed by atoms with Crippen LogP contribution in [-0.2, 0) is 9.53 Å². The summed E-state index contributed by atoms with van der Waals surface area (Å²) in [5, 5.41) is 40.2. The van der Waals surface area contributed by atoms with Gasteiger partial charge in [0.05, 0.1) is 40.1 Å². The van der Waals surface area contributed by atoms with E-state index in [1.54, 1.807) is 6.92 Å². The lowest BCUT2D eigenvalue weighted by Gasteiger charge is -2.26. The molecule has 13 heteroatoms. The second-order valence-corrected chi connectivity index (χ2v) is 5.86. The van der Waals surface area contributed by atoms with E-state index < -0.39 is 37.6 Å². The van der Waals surface area contributed by atoms with Crippen LogP contribution in [0.5, 0.6) is 5.75 Å². The average molecular weight is 400 g/mol. The zero-order chi connectivity index (χ0) is 21.3. The molecule has 0 radical (unpaired) electrons. The maximum absolute atomic E-state index is 10.6. The second kappa shape index (κ2) is 10.8. The fraction of sp³-hybridized carbons (Fsp3) is 0.533. The molecular formula is C15H20N4O9. The molecule has 1 aliphatic heterocycles. The number of nitro groups is 3. The number of benzene rings is 1. The first-order valence-corrected chi connectivity index (χ1v) is 8.23. The van der Waals surface area contributed by atoms with Crippen molar-refractivity contribution in [2.24, 2.45) is 0 Å². The summed E-state index contributed by atoms with van der Waals surface area (Å²) < 4.78 is 5.22. The summed E-state index contributed by atoms with van der Waals surface area (Å²) in [4.78, 5) is 40.8. The van der Waals surface area contributed by atoms with Crippen molar-refractivity contribution in [1.82, 2.24) is 4.90 Å². The molecule has 1 aromatic carbocycles. The molecule has 1 heterocycles. The third-order valence-corrected chi connectivity index (χ3v) is 3.77. The maximum Gasteiger partial charge on any atom is 0.324 e. The lowest BCUT2D eigenvalue weighted by Crippen LogP contribution is -2.36. The Morgan fingerprint density at radius 1 is 1.07 bits per heavy atom. The zero-order valence-electron chi connectivity index (χ0n) is 15.1. The second-order valence-electron chi connectivity index (χ2n) is 5.86. The Hall–Kier alpha value is -3.19. The van der Waals surface area contributed by atoms with E-state index in [1.807, 2.05) is 0 Å². The highest BCUT2D eigenvalue weighted by Crippen LogP contribution is 2.38. The SMILES string of the molecule is CC(=O)CCCN1CCOCC1.O=[N+]([O-])c1cc([N+](=O)[O-])c(O)c([N+](=O)[O-])c1. The van der Waals surface area contributed by atoms with Crippen LogP contribution in [0.4, 0.5) is 17.1 Å². The first-order chi connectivity index (χ1) is 13.1. The number of morpholine rings is 1. The van der Waals surface area contributed by atoms with Crippen molar-refractivity contribution in [1.29, 1.82) is 0 Å². The molecule has 1 N–H and O–H groups in total. The molecule has 1 aliphatic rings. The Labute approximate surface area is 159 Å². The third kappa shape index (κ3) is 7.20. The molecule has 0 amide bonds. The van der Waals surface area contributed by atoms with Gasteiger partial charge in [-0.1, -0.05) is 0 Å². The molecule has 0 atom stereocenters. The van der Waals surface area contributed by atoms with Gasteiger partial charge in [0.15, 0.2) is 0 Å². The van der Waals surface area contributed by atoms with Crippen LogP contribution < -0.4 is 0 Å². The number of nitrogens with zero attached hydrogens (tertiary/aromatic N) is 4. The number of non-ortho nitro benzene ring substituents is 1. The summed E-state index contributed by atoms with van der Waals surface area (Å²) in [6, 6.07) is 0.894. The summed E-state index contributed by atoms with van der Waals surface area (Å²) in [7, 11) is 0. The van der Waals surface area contributed by atoms with Gasteiger partial charge in [-0.2, -0.15) is 0 Å². The van der Waals surface area contributed by atoms with Gasteiger partial charge in [-0.3, -0.25) is 35.2 Å². The van der Waals surface area contributed by atoms with Crippen molar-refractivity contribution in [3.63, 3.8) is 0 Å². The maximum atomic E-state index is 10.6. The number of carbonyl (C=O) groups is 1.